The van der Waals surface area contributed by atoms with Crippen LogP contribution in [0.15, 0.2) is 60.8 Å². The van der Waals surface area contributed by atoms with Crippen molar-refractivity contribution in [3.63, 3.8) is 0 Å². The number of pyridine rings is 1. The van der Waals surface area contributed by atoms with Crippen molar-refractivity contribution in [2.45, 2.75) is 33.7 Å². The number of fused-ring (bicyclic) bond motifs is 1. The summed E-state index contributed by atoms with van der Waals surface area (Å²) < 4.78 is 2.02. The van der Waals surface area contributed by atoms with E-state index in [4.69, 9.17) is 16.6 Å². The molecule has 0 radical (unpaired) electrons. The number of nitrogens with one attached hydrogen (secondary N) is 1. The molecule has 1 amide bonds. The zero-order valence-electron chi connectivity index (χ0n) is 17.4. The lowest BCUT2D eigenvalue weighted by Gasteiger charge is -2.09. The molecular weight excluding hydrogens is 394 g/mol. The van der Waals surface area contributed by atoms with Gasteiger partial charge in [0.05, 0.1) is 17.8 Å². The first-order valence-electron chi connectivity index (χ1n) is 9.98. The number of hydrogen-bond donors (Lipinski definition) is 1. The number of imidazole rings is 1. The van der Waals surface area contributed by atoms with Crippen LogP contribution in [-0.2, 0) is 17.8 Å². The van der Waals surface area contributed by atoms with Gasteiger partial charge in [0, 0.05) is 23.3 Å². The molecule has 0 bridgehead atoms. The van der Waals surface area contributed by atoms with E-state index in [0.29, 0.717) is 11.6 Å². The molecule has 0 aliphatic carbocycles. The second-order valence-electron chi connectivity index (χ2n) is 7.64. The zero-order chi connectivity index (χ0) is 21.3. The van der Waals surface area contributed by atoms with Crippen LogP contribution in [0.4, 0.5) is 0 Å². The molecule has 30 heavy (non-hydrogen) atoms. The Bertz CT molecular complexity index is 1240. The van der Waals surface area contributed by atoms with Crippen LogP contribution in [-0.4, -0.2) is 15.3 Å². The molecule has 0 aliphatic rings. The first kappa shape index (κ1) is 20.2. The van der Waals surface area contributed by atoms with Gasteiger partial charge < -0.3 is 9.72 Å². The molecule has 2 aromatic heterocycles. The van der Waals surface area contributed by atoms with Crippen LogP contribution in [0.25, 0.3) is 16.9 Å². The fraction of sp³-hybridized carbons (Fsp3) is 0.200. The SMILES string of the molecule is Cc1ccc(-c2nc3c(C)cccn3c2CC(=O)NCc2ccccc2Cl)cc1C. The van der Waals surface area contributed by atoms with E-state index in [9.17, 15) is 4.79 Å². The van der Waals surface area contributed by atoms with Gasteiger partial charge in [0.1, 0.15) is 5.65 Å². The van der Waals surface area contributed by atoms with E-state index in [0.717, 1.165) is 33.7 Å². The van der Waals surface area contributed by atoms with Gasteiger partial charge in [0.2, 0.25) is 5.91 Å². The number of carbonyl (C=O) groups is 1. The third kappa shape index (κ3) is 3.96. The molecule has 0 fully saturated rings. The molecular formula is C25H24ClN3O. The average Bonchev–Trinajstić information content (AvgIpc) is 3.09. The van der Waals surface area contributed by atoms with E-state index in [1.54, 1.807) is 0 Å². The number of aryl methyl sites for hydroxylation is 3. The minimum atomic E-state index is -0.0664. The van der Waals surface area contributed by atoms with Gasteiger partial charge in [-0.05, 0) is 61.2 Å². The molecule has 0 atom stereocenters. The maximum Gasteiger partial charge on any atom is 0.226 e. The van der Waals surface area contributed by atoms with Crippen molar-refractivity contribution in [3.8, 4) is 11.3 Å². The molecule has 4 aromatic rings. The van der Waals surface area contributed by atoms with Crippen molar-refractivity contribution in [2.75, 3.05) is 0 Å². The summed E-state index contributed by atoms with van der Waals surface area (Å²) in [7, 11) is 0. The Hall–Kier alpha value is -3.11. The third-order valence-electron chi connectivity index (χ3n) is 5.49. The van der Waals surface area contributed by atoms with E-state index < -0.39 is 0 Å². The van der Waals surface area contributed by atoms with Gasteiger partial charge in [0.25, 0.3) is 0 Å². The van der Waals surface area contributed by atoms with E-state index in [-0.39, 0.29) is 12.3 Å². The van der Waals surface area contributed by atoms with E-state index in [1.807, 2.05) is 53.9 Å². The Labute approximate surface area is 181 Å². The van der Waals surface area contributed by atoms with Crippen LogP contribution in [0.3, 0.4) is 0 Å². The summed E-state index contributed by atoms with van der Waals surface area (Å²) in [6.45, 7) is 6.62. The quantitative estimate of drug-likeness (QED) is 0.470. The minimum Gasteiger partial charge on any atom is -0.352 e. The van der Waals surface area contributed by atoms with Gasteiger partial charge in [-0.2, -0.15) is 0 Å². The zero-order valence-corrected chi connectivity index (χ0v) is 18.1. The molecule has 5 heteroatoms. The Morgan fingerprint density at radius 1 is 1.00 bits per heavy atom. The van der Waals surface area contributed by atoms with Crippen LogP contribution in [0.1, 0.15) is 27.9 Å². The lowest BCUT2D eigenvalue weighted by molar-refractivity contribution is -0.120. The summed E-state index contributed by atoms with van der Waals surface area (Å²) in [6, 6.07) is 17.9. The second-order valence-corrected chi connectivity index (χ2v) is 8.04. The highest BCUT2D eigenvalue weighted by atomic mass is 35.5. The average molecular weight is 418 g/mol. The Balaban J connectivity index is 1.68. The summed E-state index contributed by atoms with van der Waals surface area (Å²) in [5.74, 6) is -0.0664. The van der Waals surface area contributed by atoms with Gasteiger partial charge >= 0.3 is 0 Å². The summed E-state index contributed by atoms with van der Waals surface area (Å²) >= 11 is 6.21. The fourth-order valence-corrected chi connectivity index (χ4v) is 3.79. The summed E-state index contributed by atoms with van der Waals surface area (Å²) in [5.41, 5.74) is 8.04. The van der Waals surface area contributed by atoms with Gasteiger partial charge in [0.15, 0.2) is 0 Å². The van der Waals surface area contributed by atoms with Gasteiger partial charge in [-0.15, -0.1) is 0 Å². The Morgan fingerprint density at radius 2 is 1.80 bits per heavy atom. The van der Waals surface area contributed by atoms with Crippen LogP contribution in [0, 0.1) is 20.8 Å². The first-order chi connectivity index (χ1) is 14.4. The number of halogens is 1. The largest absolute Gasteiger partial charge is 0.352 e. The molecule has 0 aliphatic heterocycles. The van der Waals surface area contributed by atoms with E-state index in [1.165, 1.54) is 11.1 Å². The predicted octanol–water partition coefficient (Wildman–Crippen LogP) is 5.44. The number of hydrogen-bond acceptors (Lipinski definition) is 2. The van der Waals surface area contributed by atoms with Crippen molar-refractivity contribution < 1.29 is 4.79 Å². The number of carbonyl (C=O) groups excluding carboxylic acids is 1. The van der Waals surface area contributed by atoms with E-state index >= 15 is 0 Å². The van der Waals surface area contributed by atoms with Crippen molar-refractivity contribution in [3.05, 3.63) is 93.8 Å². The molecule has 4 rings (SSSR count). The van der Waals surface area contributed by atoms with Gasteiger partial charge in [-0.3, -0.25) is 4.79 Å². The van der Waals surface area contributed by atoms with Crippen LogP contribution < -0.4 is 5.32 Å². The monoisotopic (exact) mass is 417 g/mol. The second kappa shape index (κ2) is 8.33. The van der Waals surface area contributed by atoms with Gasteiger partial charge in [-0.25, -0.2) is 4.98 Å². The highest BCUT2D eigenvalue weighted by Gasteiger charge is 2.18. The van der Waals surface area contributed by atoms with Crippen molar-refractivity contribution >= 4 is 23.2 Å². The maximum atomic E-state index is 12.8. The van der Waals surface area contributed by atoms with Crippen LogP contribution >= 0.6 is 11.6 Å². The molecule has 4 nitrogen and oxygen atoms in total. The van der Waals surface area contributed by atoms with Crippen LogP contribution in [0.2, 0.25) is 5.02 Å². The Kier molecular flexibility index (Phi) is 5.60. The third-order valence-corrected chi connectivity index (χ3v) is 5.86. The van der Waals surface area contributed by atoms with Gasteiger partial charge in [-0.1, -0.05) is 48.0 Å². The maximum absolute atomic E-state index is 12.8. The number of amides is 1. The first-order valence-corrected chi connectivity index (χ1v) is 10.4. The standard InChI is InChI=1S/C25H24ClN3O/c1-16-10-11-19(13-18(16)3)24-22(29-12-6-7-17(2)25(29)28-24)14-23(30)27-15-20-8-4-5-9-21(20)26/h4-13H,14-15H2,1-3H3,(H,27,30). The fourth-order valence-electron chi connectivity index (χ4n) is 3.59. The van der Waals surface area contributed by atoms with Crippen molar-refractivity contribution in [1.82, 2.24) is 14.7 Å². The lowest BCUT2D eigenvalue weighted by atomic mass is 10.0. The predicted molar refractivity (Wildman–Crippen MR) is 122 cm³/mol. The summed E-state index contributed by atoms with van der Waals surface area (Å²) in [4.78, 5) is 17.7. The molecule has 1 N–H and O–H groups in total. The smallest absolute Gasteiger partial charge is 0.226 e. The highest BCUT2D eigenvalue weighted by Crippen LogP contribution is 2.28. The number of aromatic nitrogens is 2. The Morgan fingerprint density at radius 3 is 2.57 bits per heavy atom. The van der Waals surface area contributed by atoms with Crippen molar-refractivity contribution in [2.24, 2.45) is 0 Å². The number of benzene rings is 2. The molecule has 2 aromatic carbocycles. The lowest BCUT2D eigenvalue weighted by Crippen LogP contribution is -2.25. The van der Waals surface area contributed by atoms with Crippen LogP contribution in [0.5, 0.6) is 0 Å². The minimum absolute atomic E-state index is 0.0664. The number of nitrogens with zero attached hydrogens (tertiary/aromatic N) is 2. The molecule has 0 saturated heterocycles. The molecule has 0 unspecified atom stereocenters. The number of rotatable bonds is 5. The summed E-state index contributed by atoms with van der Waals surface area (Å²) in [5, 5.41) is 3.64. The highest BCUT2D eigenvalue weighted by molar-refractivity contribution is 6.31. The molecule has 152 valence electrons. The topological polar surface area (TPSA) is 46.4 Å². The normalized spacial score (nSPS) is 11.1. The van der Waals surface area contributed by atoms with E-state index in [2.05, 4.69) is 37.4 Å². The molecule has 0 spiro atoms. The molecule has 2 heterocycles. The molecule has 0 saturated carbocycles. The summed E-state index contributed by atoms with van der Waals surface area (Å²) in [6.07, 6.45) is 2.20. The van der Waals surface area contributed by atoms with Crippen molar-refractivity contribution in [1.29, 1.82) is 0 Å².